The van der Waals surface area contributed by atoms with Crippen molar-refractivity contribution in [3.05, 3.63) is 41.4 Å². The first-order valence-electron chi connectivity index (χ1n) is 5.89. The number of amides is 1. The fourth-order valence-corrected chi connectivity index (χ4v) is 1.60. The number of hydrogen-bond acceptors (Lipinski definition) is 3. The van der Waals surface area contributed by atoms with Gasteiger partial charge in [-0.2, -0.15) is 0 Å². The Morgan fingerprint density at radius 2 is 2.10 bits per heavy atom. The van der Waals surface area contributed by atoms with Gasteiger partial charge < -0.3 is 10.1 Å². The minimum atomic E-state index is -0.647. The minimum absolute atomic E-state index is 0.314. The predicted octanol–water partition coefficient (Wildman–Crippen LogP) is 1.90. The van der Waals surface area contributed by atoms with Crippen molar-refractivity contribution in [1.82, 2.24) is 16.2 Å². The Bertz CT molecular complexity index is 479. The monoisotopic (exact) mass is 357 g/mol. The molecule has 0 aliphatic rings. The molecule has 0 radical (unpaired) electrons. The molecule has 3 N–H and O–H groups in total. The highest BCUT2D eigenvalue weighted by atomic mass is 79.9. The van der Waals surface area contributed by atoms with Gasteiger partial charge in [-0.15, -0.1) is 6.58 Å². The summed E-state index contributed by atoms with van der Waals surface area (Å²) in [6.45, 7) is 5.72. The van der Waals surface area contributed by atoms with Crippen molar-refractivity contribution in [3.63, 3.8) is 0 Å². The third-order valence-corrected chi connectivity index (χ3v) is 2.98. The molecule has 0 aromatic heterocycles. The SMILES string of the molecule is C=CCNC(=S)NNC(=O)[C@@H](C)Oc1ccc(Br)cc1. The van der Waals surface area contributed by atoms with E-state index in [1.165, 1.54) is 0 Å². The van der Waals surface area contributed by atoms with Crippen LogP contribution in [-0.2, 0) is 4.79 Å². The number of ether oxygens (including phenoxy) is 1. The van der Waals surface area contributed by atoms with Crippen molar-refractivity contribution >= 4 is 39.2 Å². The van der Waals surface area contributed by atoms with Crippen molar-refractivity contribution in [2.45, 2.75) is 13.0 Å². The van der Waals surface area contributed by atoms with E-state index >= 15 is 0 Å². The topological polar surface area (TPSA) is 62.4 Å². The number of carbonyl (C=O) groups excluding carboxylic acids is 1. The molecule has 1 amide bonds. The largest absolute Gasteiger partial charge is 0.481 e. The standard InChI is InChI=1S/C13H16BrN3O2S/c1-3-8-15-13(20)17-16-12(18)9(2)19-11-6-4-10(14)5-7-11/h3-7,9H,1,8H2,2H3,(H,16,18)(H2,15,17,20)/t9-/m1/s1. The van der Waals surface area contributed by atoms with Crippen LogP contribution in [0.1, 0.15) is 6.92 Å². The lowest BCUT2D eigenvalue weighted by Gasteiger charge is -2.16. The van der Waals surface area contributed by atoms with Crippen LogP contribution in [0.4, 0.5) is 0 Å². The highest BCUT2D eigenvalue weighted by molar-refractivity contribution is 9.10. The molecule has 7 heteroatoms. The molecule has 108 valence electrons. The molecule has 1 aromatic rings. The molecule has 0 spiro atoms. The number of nitrogens with one attached hydrogen (secondary N) is 3. The van der Waals surface area contributed by atoms with Gasteiger partial charge in [0.25, 0.3) is 5.91 Å². The summed E-state index contributed by atoms with van der Waals surface area (Å²) in [6.07, 6.45) is 1.01. The molecule has 20 heavy (non-hydrogen) atoms. The number of carbonyl (C=O) groups is 1. The highest BCUT2D eigenvalue weighted by Crippen LogP contribution is 2.17. The predicted molar refractivity (Wildman–Crippen MR) is 86.3 cm³/mol. The van der Waals surface area contributed by atoms with Crippen molar-refractivity contribution < 1.29 is 9.53 Å². The molecule has 0 saturated heterocycles. The van der Waals surface area contributed by atoms with Crippen LogP contribution >= 0.6 is 28.1 Å². The average molecular weight is 358 g/mol. The molecule has 1 atom stereocenters. The molecular weight excluding hydrogens is 342 g/mol. The Morgan fingerprint density at radius 3 is 2.70 bits per heavy atom. The summed E-state index contributed by atoms with van der Waals surface area (Å²) in [5, 5.41) is 3.14. The van der Waals surface area contributed by atoms with Crippen LogP contribution in [0.2, 0.25) is 0 Å². The second-order valence-electron chi connectivity index (χ2n) is 3.83. The van der Waals surface area contributed by atoms with E-state index < -0.39 is 6.10 Å². The van der Waals surface area contributed by atoms with Gasteiger partial charge in [-0.25, -0.2) is 0 Å². The number of thiocarbonyl (C=S) groups is 1. The minimum Gasteiger partial charge on any atom is -0.481 e. The number of rotatable bonds is 5. The second-order valence-corrected chi connectivity index (χ2v) is 5.15. The van der Waals surface area contributed by atoms with E-state index in [0.29, 0.717) is 17.4 Å². The number of hydrogen-bond donors (Lipinski definition) is 3. The van der Waals surface area contributed by atoms with E-state index in [1.54, 1.807) is 25.1 Å². The van der Waals surface area contributed by atoms with Crippen LogP contribution in [0, 0.1) is 0 Å². The molecule has 0 unspecified atom stereocenters. The van der Waals surface area contributed by atoms with Gasteiger partial charge in [0, 0.05) is 11.0 Å². The van der Waals surface area contributed by atoms with Crippen molar-refractivity contribution in [1.29, 1.82) is 0 Å². The van der Waals surface area contributed by atoms with Gasteiger partial charge in [0.05, 0.1) is 0 Å². The van der Waals surface area contributed by atoms with Crippen LogP contribution < -0.4 is 20.9 Å². The van der Waals surface area contributed by atoms with Crippen LogP contribution in [-0.4, -0.2) is 23.7 Å². The van der Waals surface area contributed by atoms with Crippen LogP contribution in [0.25, 0.3) is 0 Å². The van der Waals surface area contributed by atoms with Gasteiger partial charge in [-0.05, 0) is 43.4 Å². The third-order valence-electron chi connectivity index (χ3n) is 2.20. The molecule has 0 heterocycles. The van der Waals surface area contributed by atoms with Crippen LogP contribution in [0.15, 0.2) is 41.4 Å². The Labute approximate surface area is 131 Å². The molecular formula is C13H16BrN3O2S. The van der Waals surface area contributed by atoms with Crippen molar-refractivity contribution in [2.24, 2.45) is 0 Å². The van der Waals surface area contributed by atoms with E-state index in [2.05, 4.69) is 38.7 Å². The third kappa shape index (κ3) is 6.03. The van der Waals surface area contributed by atoms with Crippen LogP contribution in [0.3, 0.4) is 0 Å². The second kappa shape index (κ2) is 8.55. The lowest BCUT2D eigenvalue weighted by atomic mass is 10.3. The van der Waals surface area contributed by atoms with Crippen molar-refractivity contribution in [2.75, 3.05) is 6.54 Å². The molecule has 1 rings (SSSR count). The Balaban J connectivity index is 2.37. The van der Waals surface area contributed by atoms with Crippen molar-refractivity contribution in [3.8, 4) is 5.75 Å². The molecule has 0 aliphatic heterocycles. The van der Waals surface area contributed by atoms with E-state index in [1.807, 2.05) is 12.1 Å². The first-order valence-corrected chi connectivity index (χ1v) is 7.10. The zero-order chi connectivity index (χ0) is 15.0. The summed E-state index contributed by atoms with van der Waals surface area (Å²) in [4.78, 5) is 11.8. The first-order chi connectivity index (χ1) is 9.52. The summed E-state index contributed by atoms with van der Waals surface area (Å²) in [5.74, 6) is 0.291. The van der Waals surface area contributed by atoms with Crippen LogP contribution in [0.5, 0.6) is 5.75 Å². The summed E-state index contributed by atoms with van der Waals surface area (Å²) in [6, 6.07) is 7.23. The number of halogens is 1. The Morgan fingerprint density at radius 1 is 1.45 bits per heavy atom. The molecule has 5 nitrogen and oxygen atoms in total. The zero-order valence-corrected chi connectivity index (χ0v) is 13.4. The average Bonchev–Trinajstić information content (AvgIpc) is 2.44. The maximum Gasteiger partial charge on any atom is 0.279 e. The molecule has 0 aliphatic carbocycles. The fraction of sp³-hybridized carbons (Fsp3) is 0.231. The van der Waals surface area contributed by atoms with Gasteiger partial charge in [0.1, 0.15) is 5.75 Å². The number of hydrazine groups is 1. The van der Waals surface area contributed by atoms with E-state index in [4.69, 9.17) is 17.0 Å². The lowest BCUT2D eigenvalue weighted by molar-refractivity contribution is -0.127. The molecule has 0 saturated carbocycles. The summed E-state index contributed by atoms with van der Waals surface area (Å²) in [7, 11) is 0. The Hall–Kier alpha value is -1.60. The molecule has 0 bridgehead atoms. The first kappa shape index (κ1) is 16.5. The van der Waals surface area contributed by atoms with Gasteiger partial charge >= 0.3 is 0 Å². The van der Waals surface area contributed by atoms with E-state index in [9.17, 15) is 4.79 Å². The van der Waals surface area contributed by atoms with E-state index in [0.717, 1.165) is 4.47 Å². The summed E-state index contributed by atoms with van der Waals surface area (Å²) >= 11 is 8.27. The Kier molecular flexibility index (Phi) is 7.03. The zero-order valence-electron chi connectivity index (χ0n) is 11.0. The van der Waals surface area contributed by atoms with E-state index in [-0.39, 0.29) is 5.91 Å². The molecule has 1 aromatic carbocycles. The van der Waals surface area contributed by atoms with Gasteiger partial charge in [-0.1, -0.05) is 22.0 Å². The maximum absolute atomic E-state index is 11.8. The van der Waals surface area contributed by atoms with Gasteiger partial charge in [0.15, 0.2) is 11.2 Å². The quantitative estimate of drug-likeness (QED) is 0.426. The lowest BCUT2D eigenvalue weighted by Crippen LogP contribution is -2.50. The van der Waals surface area contributed by atoms with Gasteiger partial charge in [-0.3, -0.25) is 15.6 Å². The summed E-state index contributed by atoms with van der Waals surface area (Å²) < 4.78 is 6.44. The number of benzene rings is 1. The smallest absolute Gasteiger partial charge is 0.279 e. The maximum atomic E-state index is 11.8. The highest BCUT2D eigenvalue weighted by Gasteiger charge is 2.14. The fourth-order valence-electron chi connectivity index (χ4n) is 1.20. The summed E-state index contributed by atoms with van der Waals surface area (Å²) in [5.41, 5.74) is 5.04. The normalized spacial score (nSPS) is 11.1. The van der Waals surface area contributed by atoms with Gasteiger partial charge in [0.2, 0.25) is 0 Å². The molecule has 0 fully saturated rings.